The van der Waals surface area contributed by atoms with Gasteiger partial charge in [0, 0.05) is 7.06 Å². The third-order valence-electron chi connectivity index (χ3n) is 3.30. The van der Waals surface area contributed by atoms with Crippen LogP contribution in [0.15, 0.2) is 11.1 Å². The molecule has 0 spiro atoms. The van der Waals surface area contributed by atoms with Gasteiger partial charge in [-0.15, -0.1) is 13.6 Å². The number of rotatable bonds is 2. The second kappa shape index (κ2) is 8.13. The maximum atomic E-state index is 2.00. The molecule has 0 bridgehead atoms. The molecule has 0 unspecified atom stereocenters. The molecule has 0 N–H and O–H groups in total. The van der Waals surface area contributed by atoms with Gasteiger partial charge < -0.3 is 0 Å². The SMILES string of the molecule is C1CCC2=C(C1)CCCC2.C[B][B][B]C. The molecule has 15 heavy (non-hydrogen) atoms. The average Bonchev–Trinajstić information content (AvgIpc) is 2.31. The van der Waals surface area contributed by atoms with Crippen molar-refractivity contribution in [3.8, 4) is 0 Å². The van der Waals surface area contributed by atoms with Gasteiger partial charge in [0.05, 0.1) is 14.3 Å². The molecule has 2 aliphatic carbocycles. The molecular weight excluding hydrogens is 177 g/mol. The predicted molar refractivity (Wildman–Crippen MR) is 73.0 cm³/mol. The number of hydrogen-bond donors (Lipinski definition) is 0. The molecule has 2 aliphatic rings. The van der Waals surface area contributed by atoms with Gasteiger partial charge in [-0.3, -0.25) is 0 Å². The number of allylic oxidation sites excluding steroid dienone is 2. The Bertz CT molecular complexity index is 163. The molecule has 0 atom stereocenters. The fraction of sp³-hybridized carbons (Fsp3) is 0.833. The van der Waals surface area contributed by atoms with E-state index in [0.29, 0.717) is 0 Å². The van der Waals surface area contributed by atoms with Crippen LogP contribution >= 0.6 is 0 Å². The highest BCUT2D eigenvalue weighted by Crippen LogP contribution is 2.34. The summed E-state index contributed by atoms with van der Waals surface area (Å²) >= 11 is 0. The molecular formula is C12H22B3. The molecule has 0 saturated heterocycles. The zero-order valence-electron chi connectivity index (χ0n) is 10.4. The van der Waals surface area contributed by atoms with Crippen LogP contribution in [0.4, 0.5) is 0 Å². The molecule has 0 heterocycles. The minimum Gasteiger partial charge on any atom is -0.101 e. The first kappa shape index (κ1) is 13.0. The van der Waals surface area contributed by atoms with E-state index in [2.05, 4.69) is 0 Å². The lowest BCUT2D eigenvalue weighted by Crippen LogP contribution is -2.04. The quantitative estimate of drug-likeness (QED) is 0.471. The van der Waals surface area contributed by atoms with E-state index in [4.69, 9.17) is 0 Å². The lowest BCUT2D eigenvalue weighted by Gasteiger charge is -2.24. The topological polar surface area (TPSA) is 0 Å². The normalized spacial score (nSPS) is 19.6. The van der Waals surface area contributed by atoms with Crippen molar-refractivity contribution >= 4 is 21.4 Å². The Morgan fingerprint density at radius 1 is 0.667 bits per heavy atom. The maximum absolute atomic E-state index is 2.00. The Labute approximate surface area is 98.0 Å². The molecule has 0 aliphatic heterocycles. The van der Waals surface area contributed by atoms with Crippen molar-refractivity contribution in [2.45, 2.75) is 65.0 Å². The van der Waals surface area contributed by atoms with Crippen molar-refractivity contribution in [3.63, 3.8) is 0 Å². The summed E-state index contributed by atoms with van der Waals surface area (Å²) < 4.78 is 0. The van der Waals surface area contributed by atoms with Crippen LogP contribution in [0.1, 0.15) is 51.4 Å². The average molecular weight is 199 g/mol. The van der Waals surface area contributed by atoms with Gasteiger partial charge in [0.1, 0.15) is 0 Å². The van der Waals surface area contributed by atoms with E-state index in [1.807, 2.05) is 46.2 Å². The van der Waals surface area contributed by atoms with Crippen LogP contribution < -0.4 is 0 Å². The second-order valence-corrected chi connectivity index (χ2v) is 4.48. The zero-order valence-corrected chi connectivity index (χ0v) is 10.4. The van der Waals surface area contributed by atoms with Gasteiger partial charge in [-0.1, -0.05) is 11.1 Å². The fourth-order valence-electron chi connectivity index (χ4n) is 2.50. The van der Waals surface area contributed by atoms with Gasteiger partial charge in [0.25, 0.3) is 0 Å². The first-order chi connectivity index (χ1) is 7.38. The van der Waals surface area contributed by atoms with Crippen LogP contribution in [-0.4, -0.2) is 21.4 Å². The molecule has 0 nitrogen and oxygen atoms in total. The first-order valence-corrected chi connectivity index (χ1v) is 6.49. The van der Waals surface area contributed by atoms with Crippen molar-refractivity contribution < 1.29 is 0 Å². The van der Waals surface area contributed by atoms with Crippen molar-refractivity contribution in [1.82, 2.24) is 0 Å². The monoisotopic (exact) mass is 199 g/mol. The molecule has 0 fully saturated rings. The van der Waals surface area contributed by atoms with Gasteiger partial charge in [-0.2, -0.15) is 0 Å². The largest absolute Gasteiger partial charge is 0.101 e. The van der Waals surface area contributed by atoms with Crippen LogP contribution in [0.25, 0.3) is 0 Å². The van der Waals surface area contributed by atoms with E-state index >= 15 is 0 Å². The highest BCUT2D eigenvalue weighted by Gasteiger charge is 2.15. The fourth-order valence-corrected chi connectivity index (χ4v) is 2.50. The summed E-state index contributed by atoms with van der Waals surface area (Å²) in [6, 6.07) is 0. The molecule has 0 aromatic heterocycles. The molecule has 0 amide bonds. The Kier molecular flexibility index (Phi) is 7.05. The van der Waals surface area contributed by atoms with Crippen LogP contribution in [0.3, 0.4) is 0 Å². The summed E-state index contributed by atoms with van der Waals surface area (Å²) in [5.74, 6) is 0. The van der Waals surface area contributed by atoms with Crippen molar-refractivity contribution in [2.75, 3.05) is 0 Å². The highest BCUT2D eigenvalue weighted by atomic mass is 14.2. The Morgan fingerprint density at radius 3 is 1.20 bits per heavy atom. The standard InChI is InChI=1S/C10H16.C2H6B3/c1-2-6-10-8-4-3-7-9(10)5-1;1-3-5-4-2/h1-8H2;1-2H3. The third kappa shape index (κ3) is 4.99. The lowest BCUT2D eigenvalue weighted by molar-refractivity contribution is 0.558. The minimum atomic E-state index is 1.44. The van der Waals surface area contributed by atoms with Gasteiger partial charge in [-0.05, 0) is 51.4 Å². The Hall–Kier alpha value is -0.0652. The summed E-state index contributed by atoms with van der Waals surface area (Å²) in [5.41, 5.74) is 3.69. The predicted octanol–water partition coefficient (Wildman–Crippen LogP) is 3.46. The van der Waals surface area contributed by atoms with E-state index in [0.717, 1.165) is 0 Å². The maximum Gasteiger partial charge on any atom is 0.0510 e. The van der Waals surface area contributed by atoms with Crippen molar-refractivity contribution in [1.29, 1.82) is 0 Å². The number of hydrogen-bond acceptors (Lipinski definition) is 0. The van der Waals surface area contributed by atoms with E-state index < -0.39 is 0 Å². The van der Waals surface area contributed by atoms with Crippen molar-refractivity contribution in [3.05, 3.63) is 11.1 Å². The minimum absolute atomic E-state index is 1.44. The van der Waals surface area contributed by atoms with Gasteiger partial charge in [-0.25, -0.2) is 0 Å². The molecule has 3 radical (unpaired) electrons. The molecule has 79 valence electrons. The summed E-state index contributed by atoms with van der Waals surface area (Å²) in [5, 5.41) is 0. The smallest absolute Gasteiger partial charge is 0.0510 e. The van der Waals surface area contributed by atoms with Crippen LogP contribution in [0.2, 0.25) is 13.6 Å². The van der Waals surface area contributed by atoms with Crippen LogP contribution in [0, 0.1) is 0 Å². The summed E-state index contributed by atoms with van der Waals surface area (Å²) in [7, 11) is 6.00. The summed E-state index contributed by atoms with van der Waals surface area (Å²) in [6.45, 7) is 4.00. The highest BCUT2D eigenvalue weighted by molar-refractivity contribution is 7.28. The summed E-state index contributed by atoms with van der Waals surface area (Å²) in [4.78, 5) is 0. The van der Waals surface area contributed by atoms with Gasteiger partial charge >= 0.3 is 0 Å². The Balaban J connectivity index is 0.000000195. The van der Waals surface area contributed by atoms with Crippen LogP contribution in [-0.2, 0) is 0 Å². The van der Waals surface area contributed by atoms with E-state index in [1.165, 1.54) is 51.4 Å². The zero-order chi connectivity index (χ0) is 10.9. The molecule has 3 heteroatoms. The lowest BCUT2D eigenvalue weighted by atomic mass is 9.21. The molecule has 0 saturated carbocycles. The third-order valence-corrected chi connectivity index (χ3v) is 3.30. The van der Waals surface area contributed by atoms with E-state index in [1.54, 1.807) is 0 Å². The van der Waals surface area contributed by atoms with Gasteiger partial charge in [0.15, 0.2) is 0 Å². The van der Waals surface area contributed by atoms with E-state index in [-0.39, 0.29) is 0 Å². The Morgan fingerprint density at radius 2 is 1.00 bits per heavy atom. The molecule has 0 aromatic rings. The molecule has 0 aromatic carbocycles. The molecule has 2 rings (SSSR count). The van der Waals surface area contributed by atoms with Gasteiger partial charge in [0.2, 0.25) is 0 Å². The van der Waals surface area contributed by atoms with Crippen molar-refractivity contribution in [2.24, 2.45) is 0 Å². The first-order valence-electron chi connectivity index (χ1n) is 6.49. The van der Waals surface area contributed by atoms with Crippen LogP contribution in [0.5, 0.6) is 0 Å². The van der Waals surface area contributed by atoms with E-state index in [9.17, 15) is 0 Å². The summed E-state index contributed by atoms with van der Waals surface area (Å²) in [6.07, 6.45) is 11.6. The second-order valence-electron chi connectivity index (χ2n) is 4.48.